The maximum atomic E-state index is 6.17. The molecule has 3 fully saturated rings. The van der Waals surface area contributed by atoms with Crippen LogP contribution in [0.2, 0.25) is 0 Å². The second-order valence-corrected chi connectivity index (χ2v) is 4.75. The molecule has 3 atom stereocenters. The monoisotopic (exact) mass is 151 g/mol. The fourth-order valence-electron chi connectivity index (χ4n) is 3.24. The van der Waals surface area contributed by atoms with E-state index in [9.17, 15) is 0 Å². The summed E-state index contributed by atoms with van der Waals surface area (Å²) in [5.74, 6) is 4.05. The van der Waals surface area contributed by atoms with E-state index in [4.69, 9.17) is 5.73 Å². The average molecular weight is 151 g/mol. The SMILES string of the molecule is NC(C1CC1)C1C2CCCC21. The van der Waals surface area contributed by atoms with Crippen LogP contribution in [0.3, 0.4) is 0 Å². The Kier molecular flexibility index (Phi) is 1.18. The summed E-state index contributed by atoms with van der Waals surface area (Å²) in [4.78, 5) is 0. The van der Waals surface area contributed by atoms with E-state index in [-0.39, 0.29) is 0 Å². The molecule has 0 heterocycles. The topological polar surface area (TPSA) is 26.0 Å². The summed E-state index contributed by atoms with van der Waals surface area (Å²) < 4.78 is 0. The number of hydrogen-bond acceptors (Lipinski definition) is 1. The predicted molar refractivity (Wildman–Crippen MR) is 45.0 cm³/mol. The Morgan fingerprint density at radius 3 is 2.18 bits per heavy atom. The first kappa shape index (κ1) is 6.47. The Bertz CT molecular complexity index is 164. The molecule has 62 valence electrons. The van der Waals surface area contributed by atoms with Crippen LogP contribution >= 0.6 is 0 Å². The summed E-state index contributed by atoms with van der Waals surface area (Å²) in [6.45, 7) is 0. The highest BCUT2D eigenvalue weighted by Crippen LogP contribution is 2.61. The van der Waals surface area contributed by atoms with E-state index in [1.54, 1.807) is 0 Å². The minimum absolute atomic E-state index is 0.602. The fourth-order valence-corrected chi connectivity index (χ4v) is 3.24. The van der Waals surface area contributed by atoms with Crippen LogP contribution in [0.15, 0.2) is 0 Å². The van der Waals surface area contributed by atoms with E-state index in [1.807, 2.05) is 0 Å². The summed E-state index contributed by atoms with van der Waals surface area (Å²) in [6.07, 6.45) is 7.34. The van der Waals surface area contributed by atoms with Gasteiger partial charge in [-0.15, -0.1) is 0 Å². The molecule has 3 aliphatic carbocycles. The van der Waals surface area contributed by atoms with Gasteiger partial charge < -0.3 is 5.73 Å². The molecule has 3 rings (SSSR count). The van der Waals surface area contributed by atoms with Crippen molar-refractivity contribution in [2.75, 3.05) is 0 Å². The summed E-state index contributed by atoms with van der Waals surface area (Å²) in [6, 6.07) is 0.602. The molecule has 2 N–H and O–H groups in total. The standard InChI is InChI=1S/C10H17N/c11-10(6-4-5-6)9-7-2-1-3-8(7)9/h6-10H,1-5,11H2. The smallest absolute Gasteiger partial charge is 0.0101 e. The van der Waals surface area contributed by atoms with E-state index in [0.29, 0.717) is 6.04 Å². The Balaban J connectivity index is 1.64. The summed E-state index contributed by atoms with van der Waals surface area (Å²) in [5, 5.41) is 0. The quantitative estimate of drug-likeness (QED) is 0.639. The zero-order valence-corrected chi connectivity index (χ0v) is 7.00. The van der Waals surface area contributed by atoms with Crippen LogP contribution in [0.25, 0.3) is 0 Å². The van der Waals surface area contributed by atoms with Gasteiger partial charge in [-0.2, -0.15) is 0 Å². The first-order valence-electron chi connectivity index (χ1n) is 5.13. The van der Waals surface area contributed by atoms with Crippen LogP contribution in [0.5, 0.6) is 0 Å². The lowest BCUT2D eigenvalue weighted by Gasteiger charge is -2.11. The zero-order chi connectivity index (χ0) is 7.42. The van der Waals surface area contributed by atoms with Crippen molar-refractivity contribution in [2.24, 2.45) is 29.4 Å². The Hall–Kier alpha value is -0.0400. The molecule has 3 unspecified atom stereocenters. The van der Waals surface area contributed by atoms with Crippen LogP contribution in [0, 0.1) is 23.7 Å². The normalized spacial score (nSPS) is 50.5. The highest BCUT2D eigenvalue weighted by molar-refractivity contribution is 5.08. The van der Waals surface area contributed by atoms with Gasteiger partial charge >= 0.3 is 0 Å². The van der Waals surface area contributed by atoms with Gasteiger partial charge in [0.1, 0.15) is 0 Å². The van der Waals surface area contributed by atoms with Crippen LogP contribution in [0.4, 0.5) is 0 Å². The second kappa shape index (κ2) is 2.01. The molecule has 0 aromatic carbocycles. The van der Waals surface area contributed by atoms with Gasteiger partial charge in [-0.3, -0.25) is 0 Å². The first-order chi connectivity index (χ1) is 5.38. The Morgan fingerprint density at radius 1 is 1.00 bits per heavy atom. The van der Waals surface area contributed by atoms with Gasteiger partial charge in [0.05, 0.1) is 0 Å². The molecule has 3 saturated carbocycles. The molecule has 0 aliphatic heterocycles. The van der Waals surface area contributed by atoms with Crippen molar-refractivity contribution in [3.8, 4) is 0 Å². The summed E-state index contributed by atoms with van der Waals surface area (Å²) in [5.41, 5.74) is 6.17. The maximum Gasteiger partial charge on any atom is 0.0101 e. The highest BCUT2D eigenvalue weighted by atomic mass is 14.8. The van der Waals surface area contributed by atoms with Crippen molar-refractivity contribution in [1.29, 1.82) is 0 Å². The lowest BCUT2D eigenvalue weighted by molar-refractivity contribution is 0.448. The molecule has 0 aromatic rings. The van der Waals surface area contributed by atoms with Gasteiger partial charge in [-0.1, -0.05) is 6.42 Å². The third-order valence-electron chi connectivity index (χ3n) is 4.08. The van der Waals surface area contributed by atoms with E-state index in [1.165, 1.54) is 32.1 Å². The van der Waals surface area contributed by atoms with E-state index < -0.39 is 0 Å². The summed E-state index contributed by atoms with van der Waals surface area (Å²) in [7, 11) is 0. The molecule has 1 heteroatoms. The lowest BCUT2D eigenvalue weighted by Crippen LogP contribution is -2.27. The Labute approximate surface area is 68.3 Å². The van der Waals surface area contributed by atoms with Gasteiger partial charge in [0, 0.05) is 6.04 Å². The largest absolute Gasteiger partial charge is 0.327 e. The maximum absolute atomic E-state index is 6.17. The minimum Gasteiger partial charge on any atom is -0.327 e. The third-order valence-corrected chi connectivity index (χ3v) is 4.08. The Morgan fingerprint density at radius 2 is 1.64 bits per heavy atom. The number of rotatable bonds is 2. The molecule has 0 radical (unpaired) electrons. The molecule has 3 aliphatic rings. The lowest BCUT2D eigenvalue weighted by atomic mass is 10.0. The van der Waals surface area contributed by atoms with Crippen LogP contribution < -0.4 is 5.73 Å². The van der Waals surface area contributed by atoms with E-state index in [2.05, 4.69) is 0 Å². The molecule has 0 amide bonds. The van der Waals surface area contributed by atoms with Crippen molar-refractivity contribution in [2.45, 2.75) is 38.1 Å². The molecule has 0 spiro atoms. The minimum atomic E-state index is 0.602. The number of nitrogens with two attached hydrogens (primary N) is 1. The van der Waals surface area contributed by atoms with Crippen molar-refractivity contribution >= 4 is 0 Å². The van der Waals surface area contributed by atoms with Gasteiger partial charge in [0.25, 0.3) is 0 Å². The number of hydrogen-bond donors (Lipinski definition) is 1. The molecule has 0 saturated heterocycles. The third kappa shape index (κ3) is 0.868. The average Bonchev–Trinajstić information content (AvgIpc) is 2.91. The van der Waals surface area contributed by atoms with Crippen molar-refractivity contribution in [1.82, 2.24) is 0 Å². The van der Waals surface area contributed by atoms with Gasteiger partial charge in [-0.25, -0.2) is 0 Å². The molecular weight excluding hydrogens is 134 g/mol. The molecule has 1 nitrogen and oxygen atoms in total. The first-order valence-corrected chi connectivity index (χ1v) is 5.13. The molecule has 0 bridgehead atoms. The van der Waals surface area contributed by atoms with Crippen LogP contribution in [0.1, 0.15) is 32.1 Å². The van der Waals surface area contributed by atoms with Crippen molar-refractivity contribution in [3.63, 3.8) is 0 Å². The van der Waals surface area contributed by atoms with Crippen LogP contribution in [-0.4, -0.2) is 6.04 Å². The zero-order valence-electron chi connectivity index (χ0n) is 7.00. The number of fused-ring (bicyclic) bond motifs is 1. The van der Waals surface area contributed by atoms with Gasteiger partial charge in [0.15, 0.2) is 0 Å². The second-order valence-electron chi connectivity index (χ2n) is 4.75. The van der Waals surface area contributed by atoms with E-state index >= 15 is 0 Å². The van der Waals surface area contributed by atoms with E-state index in [0.717, 1.165) is 23.7 Å². The van der Waals surface area contributed by atoms with Gasteiger partial charge in [-0.05, 0) is 49.4 Å². The summed E-state index contributed by atoms with van der Waals surface area (Å²) >= 11 is 0. The van der Waals surface area contributed by atoms with Gasteiger partial charge in [0.2, 0.25) is 0 Å². The van der Waals surface area contributed by atoms with Crippen molar-refractivity contribution in [3.05, 3.63) is 0 Å². The molecular formula is C10H17N. The van der Waals surface area contributed by atoms with Crippen LogP contribution in [-0.2, 0) is 0 Å². The highest BCUT2D eigenvalue weighted by Gasteiger charge is 2.57. The molecule has 0 aromatic heterocycles. The fraction of sp³-hybridized carbons (Fsp3) is 1.00. The molecule has 11 heavy (non-hydrogen) atoms. The van der Waals surface area contributed by atoms with Crippen molar-refractivity contribution < 1.29 is 0 Å². The predicted octanol–water partition coefficient (Wildman–Crippen LogP) is 1.77.